The smallest absolute Gasteiger partial charge is 0.343 e. The predicted octanol–water partition coefficient (Wildman–Crippen LogP) is 0.739. The predicted molar refractivity (Wildman–Crippen MR) is 86.4 cm³/mol. The third kappa shape index (κ3) is 6.23. The summed E-state index contributed by atoms with van der Waals surface area (Å²) in [5.74, 6) is -0.863. The van der Waals surface area contributed by atoms with Crippen LogP contribution in [0.5, 0.6) is 11.5 Å². The zero-order valence-corrected chi connectivity index (χ0v) is 13.7. The van der Waals surface area contributed by atoms with Gasteiger partial charge in [0.2, 0.25) is 0 Å². The fourth-order valence-electron chi connectivity index (χ4n) is 1.69. The number of nitriles is 1. The molecule has 0 spiro atoms. The number of esters is 1. The molecule has 0 aliphatic heterocycles. The van der Waals surface area contributed by atoms with Gasteiger partial charge in [-0.05, 0) is 30.7 Å². The number of rotatable bonds is 7. The van der Waals surface area contributed by atoms with E-state index in [2.05, 4.69) is 4.74 Å². The van der Waals surface area contributed by atoms with Crippen molar-refractivity contribution >= 4 is 24.0 Å². The molecule has 25 heavy (non-hydrogen) atoms. The zero-order chi connectivity index (χ0) is 18.8. The summed E-state index contributed by atoms with van der Waals surface area (Å²) in [5.41, 5.74) is 4.98. The number of urea groups is 1. The van der Waals surface area contributed by atoms with Gasteiger partial charge in [0, 0.05) is 0 Å². The molecule has 0 fully saturated rings. The molecule has 0 aliphatic carbocycles. The molecule has 0 unspecified atom stereocenters. The summed E-state index contributed by atoms with van der Waals surface area (Å²) in [5, 5.41) is 10.8. The van der Waals surface area contributed by atoms with Crippen LogP contribution in [0.2, 0.25) is 0 Å². The Hall–Kier alpha value is -3.54. The van der Waals surface area contributed by atoms with Gasteiger partial charge in [-0.3, -0.25) is 10.1 Å². The molecule has 0 aliphatic rings. The third-order valence-corrected chi connectivity index (χ3v) is 2.75. The van der Waals surface area contributed by atoms with Crippen LogP contribution in [0.4, 0.5) is 4.79 Å². The van der Waals surface area contributed by atoms with Gasteiger partial charge in [0.1, 0.15) is 11.6 Å². The van der Waals surface area contributed by atoms with Crippen LogP contribution in [-0.2, 0) is 14.3 Å². The summed E-state index contributed by atoms with van der Waals surface area (Å²) in [6.45, 7) is 1.79. The van der Waals surface area contributed by atoms with E-state index in [-0.39, 0.29) is 12.2 Å². The van der Waals surface area contributed by atoms with Gasteiger partial charge in [0.15, 0.2) is 18.1 Å². The average molecular weight is 347 g/mol. The maximum Gasteiger partial charge on any atom is 0.343 e. The molecule has 1 aromatic carbocycles. The highest BCUT2D eigenvalue weighted by Crippen LogP contribution is 2.29. The number of carbonyl (C=O) groups excluding carboxylic acids is 3. The Morgan fingerprint density at radius 2 is 2.00 bits per heavy atom. The molecule has 3 N–H and O–H groups in total. The molecule has 9 heteroatoms. The summed E-state index contributed by atoms with van der Waals surface area (Å²) in [6.07, 6.45) is 1.25. The SMILES string of the molecule is CCOc1cc(/C=C(/C#N)C(=O)NC(N)=O)ccc1OCC(=O)OC. The van der Waals surface area contributed by atoms with Crippen LogP contribution in [-0.4, -0.2) is 38.2 Å². The van der Waals surface area contributed by atoms with Crippen molar-refractivity contribution in [1.29, 1.82) is 5.26 Å². The van der Waals surface area contributed by atoms with Crippen LogP contribution in [0.3, 0.4) is 0 Å². The Morgan fingerprint density at radius 3 is 2.56 bits per heavy atom. The number of primary amides is 1. The molecule has 0 radical (unpaired) electrons. The topological polar surface area (TPSA) is 141 Å². The monoisotopic (exact) mass is 347 g/mol. The number of nitrogens with two attached hydrogens (primary N) is 1. The lowest BCUT2D eigenvalue weighted by Crippen LogP contribution is -2.35. The maximum atomic E-state index is 11.7. The molecule has 0 aromatic heterocycles. The fourth-order valence-corrected chi connectivity index (χ4v) is 1.69. The molecule has 1 rings (SSSR count). The van der Waals surface area contributed by atoms with Gasteiger partial charge in [-0.1, -0.05) is 6.07 Å². The minimum atomic E-state index is -1.06. The summed E-state index contributed by atoms with van der Waals surface area (Å²) in [7, 11) is 1.24. The lowest BCUT2D eigenvalue weighted by molar-refractivity contribution is -0.142. The van der Waals surface area contributed by atoms with Crippen molar-refractivity contribution in [2.75, 3.05) is 20.3 Å². The lowest BCUT2D eigenvalue weighted by Gasteiger charge is -2.12. The number of methoxy groups -OCH3 is 1. The van der Waals surface area contributed by atoms with Crippen LogP contribution in [0.15, 0.2) is 23.8 Å². The van der Waals surface area contributed by atoms with E-state index in [0.29, 0.717) is 23.7 Å². The summed E-state index contributed by atoms with van der Waals surface area (Å²) in [6, 6.07) is 5.19. The molecule has 0 atom stereocenters. The standard InChI is InChI=1S/C16H17N3O6/c1-3-24-13-7-10(4-5-12(13)25-9-14(20)23-2)6-11(8-17)15(21)19-16(18)22/h4-7H,3,9H2,1-2H3,(H3,18,19,21,22)/b11-6-. The number of carbonyl (C=O) groups is 3. The van der Waals surface area contributed by atoms with E-state index in [0.717, 1.165) is 0 Å². The highest BCUT2D eigenvalue weighted by molar-refractivity contribution is 6.08. The van der Waals surface area contributed by atoms with Gasteiger partial charge in [0.05, 0.1) is 13.7 Å². The molecular formula is C16H17N3O6. The van der Waals surface area contributed by atoms with E-state index in [4.69, 9.17) is 20.5 Å². The number of nitrogens with one attached hydrogen (secondary N) is 1. The Kier molecular flexibility index (Phi) is 7.46. The first-order valence-corrected chi connectivity index (χ1v) is 7.10. The Balaban J connectivity index is 3.08. The first kappa shape index (κ1) is 19.5. The van der Waals surface area contributed by atoms with Crippen molar-refractivity contribution in [3.05, 3.63) is 29.3 Å². The highest BCUT2D eigenvalue weighted by atomic mass is 16.6. The second-order valence-corrected chi connectivity index (χ2v) is 4.49. The lowest BCUT2D eigenvalue weighted by atomic mass is 10.1. The van der Waals surface area contributed by atoms with E-state index in [1.807, 2.05) is 0 Å². The fraction of sp³-hybridized carbons (Fsp3) is 0.250. The number of nitrogens with zero attached hydrogens (tertiary/aromatic N) is 1. The van der Waals surface area contributed by atoms with Crippen molar-refractivity contribution in [3.8, 4) is 17.6 Å². The maximum absolute atomic E-state index is 11.7. The molecule has 0 bridgehead atoms. The molecular weight excluding hydrogens is 330 g/mol. The van der Waals surface area contributed by atoms with Crippen LogP contribution in [0, 0.1) is 11.3 Å². The number of imide groups is 1. The second kappa shape index (κ2) is 9.57. The molecule has 0 heterocycles. The second-order valence-electron chi connectivity index (χ2n) is 4.49. The van der Waals surface area contributed by atoms with E-state index in [9.17, 15) is 14.4 Å². The first-order chi connectivity index (χ1) is 11.9. The number of hydrogen-bond donors (Lipinski definition) is 2. The number of ether oxygens (including phenoxy) is 3. The van der Waals surface area contributed by atoms with Gasteiger partial charge in [-0.15, -0.1) is 0 Å². The van der Waals surface area contributed by atoms with E-state index < -0.39 is 17.9 Å². The van der Waals surface area contributed by atoms with Gasteiger partial charge in [-0.25, -0.2) is 9.59 Å². The van der Waals surface area contributed by atoms with Gasteiger partial charge in [-0.2, -0.15) is 5.26 Å². The molecule has 9 nitrogen and oxygen atoms in total. The highest BCUT2D eigenvalue weighted by Gasteiger charge is 2.13. The zero-order valence-electron chi connectivity index (χ0n) is 13.7. The summed E-state index contributed by atoms with van der Waals surface area (Å²) < 4.78 is 15.2. The Bertz CT molecular complexity index is 736. The molecule has 0 saturated carbocycles. The molecule has 0 saturated heterocycles. The average Bonchev–Trinajstić information content (AvgIpc) is 2.58. The molecule has 132 valence electrons. The van der Waals surface area contributed by atoms with Gasteiger partial charge in [0.25, 0.3) is 5.91 Å². The van der Waals surface area contributed by atoms with Crippen molar-refractivity contribution in [2.24, 2.45) is 5.73 Å². The first-order valence-electron chi connectivity index (χ1n) is 7.10. The molecule has 3 amide bonds. The van der Waals surface area contributed by atoms with E-state index in [1.54, 1.807) is 24.4 Å². The normalized spacial score (nSPS) is 10.4. The van der Waals surface area contributed by atoms with Crippen LogP contribution >= 0.6 is 0 Å². The summed E-state index contributed by atoms with van der Waals surface area (Å²) >= 11 is 0. The van der Waals surface area contributed by atoms with E-state index in [1.165, 1.54) is 25.3 Å². The van der Waals surface area contributed by atoms with Crippen molar-refractivity contribution in [2.45, 2.75) is 6.92 Å². The van der Waals surface area contributed by atoms with Crippen molar-refractivity contribution < 1.29 is 28.6 Å². The summed E-state index contributed by atoms with van der Waals surface area (Å²) in [4.78, 5) is 33.5. The number of hydrogen-bond acceptors (Lipinski definition) is 7. The van der Waals surface area contributed by atoms with Crippen LogP contribution in [0.25, 0.3) is 6.08 Å². The van der Waals surface area contributed by atoms with Crippen LogP contribution < -0.4 is 20.5 Å². The Morgan fingerprint density at radius 1 is 1.28 bits per heavy atom. The minimum absolute atomic E-state index is 0.295. The van der Waals surface area contributed by atoms with Crippen LogP contribution in [0.1, 0.15) is 12.5 Å². The largest absolute Gasteiger partial charge is 0.490 e. The third-order valence-electron chi connectivity index (χ3n) is 2.75. The van der Waals surface area contributed by atoms with Gasteiger partial charge < -0.3 is 19.9 Å². The molecule has 1 aromatic rings. The number of amides is 3. The van der Waals surface area contributed by atoms with Crippen molar-refractivity contribution in [1.82, 2.24) is 5.32 Å². The minimum Gasteiger partial charge on any atom is -0.490 e. The van der Waals surface area contributed by atoms with Crippen molar-refractivity contribution in [3.63, 3.8) is 0 Å². The Labute approximate surface area is 143 Å². The van der Waals surface area contributed by atoms with Gasteiger partial charge >= 0.3 is 12.0 Å². The van der Waals surface area contributed by atoms with E-state index >= 15 is 0 Å². The quantitative estimate of drug-likeness (QED) is 0.421. The number of benzene rings is 1.